The minimum Gasteiger partial charge on any atom is -0.497 e. The van der Waals surface area contributed by atoms with E-state index < -0.39 is 0 Å². The molecule has 2 rings (SSSR count). The Labute approximate surface area is 102 Å². The molecule has 0 bridgehead atoms. The third kappa shape index (κ3) is 2.87. The van der Waals surface area contributed by atoms with Crippen LogP contribution in [0.4, 0.5) is 0 Å². The standard InChI is InChI=1S/C14H17N2O/c1-3-4-8-16-10-14(15-11-16)12-6-5-7-13(9-12)17-2/h5-7,9-11H,1,3-4,8H2,2H3. The van der Waals surface area contributed by atoms with Crippen molar-refractivity contribution in [1.29, 1.82) is 0 Å². The van der Waals surface area contributed by atoms with Gasteiger partial charge in [-0.25, -0.2) is 4.98 Å². The number of ether oxygens (including phenoxy) is 1. The molecule has 1 aromatic carbocycles. The predicted octanol–water partition coefficient (Wildman–Crippen LogP) is 3.17. The molecule has 0 unspecified atom stereocenters. The average Bonchev–Trinajstić information content (AvgIpc) is 2.85. The van der Waals surface area contributed by atoms with Crippen molar-refractivity contribution in [3.05, 3.63) is 43.7 Å². The first kappa shape index (κ1) is 11.7. The SMILES string of the molecule is [CH2]CCCn1cnc(-c2cccc(OC)c2)c1. The zero-order valence-electron chi connectivity index (χ0n) is 10.1. The van der Waals surface area contributed by atoms with E-state index >= 15 is 0 Å². The van der Waals surface area contributed by atoms with E-state index in [4.69, 9.17) is 4.74 Å². The van der Waals surface area contributed by atoms with Crippen LogP contribution in [0.5, 0.6) is 5.75 Å². The molecule has 0 saturated carbocycles. The molecule has 0 fully saturated rings. The van der Waals surface area contributed by atoms with Crippen molar-refractivity contribution >= 4 is 0 Å². The lowest BCUT2D eigenvalue weighted by Crippen LogP contribution is -1.92. The fourth-order valence-electron chi connectivity index (χ4n) is 1.71. The largest absolute Gasteiger partial charge is 0.497 e. The summed E-state index contributed by atoms with van der Waals surface area (Å²) in [6.45, 7) is 4.81. The van der Waals surface area contributed by atoms with Gasteiger partial charge in [0.1, 0.15) is 5.75 Å². The van der Waals surface area contributed by atoms with Gasteiger partial charge < -0.3 is 9.30 Å². The van der Waals surface area contributed by atoms with Crippen molar-refractivity contribution in [2.24, 2.45) is 0 Å². The molecule has 17 heavy (non-hydrogen) atoms. The van der Waals surface area contributed by atoms with E-state index in [0.717, 1.165) is 36.4 Å². The number of hydrogen-bond acceptors (Lipinski definition) is 2. The molecular formula is C14H17N2O. The summed E-state index contributed by atoms with van der Waals surface area (Å²) in [4.78, 5) is 4.40. The van der Waals surface area contributed by atoms with Crippen LogP contribution >= 0.6 is 0 Å². The monoisotopic (exact) mass is 229 g/mol. The highest BCUT2D eigenvalue weighted by Crippen LogP contribution is 2.22. The van der Waals surface area contributed by atoms with Crippen LogP contribution in [0.2, 0.25) is 0 Å². The normalized spacial score (nSPS) is 10.5. The second-order valence-electron chi connectivity index (χ2n) is 3.94. The van der Waals surface area contributed by atoms with E-state index in [0.29, 0.717) is 0 Å². The molecule has 0 aliphatic rings. The lowest BCUT2D eigenvalue weighted by molar-refractivity contribution is 0.415. The number of nitrogens with zero attached hydrogens (tertiary/aromatic N) is 2. The Hall–Kier alpha value is -1.77. The Morgan fingerprint density at radius 3 is 3.06 bits per heavy atom. The van der Waals surface area contributed by atoms with Crippen LogP contribution in [0.1, 0.15) is 12.8 Å². The predicted molar refractivity (Wildman–Crippen MR) is 68.8 cm³/mol. The van der Waals surface area contributed by atoms with Gasteiger partial charge in [-0.15, -0.1) is 0 Å². The summed E-state index contributed by atoms with van der Waals surface area (Å²) in [6.07, 6.45) is 5.95. The van der Waals surface area contributed by atoms with E-state index in [1.54, 1.807) is 7.11 Å². The summed E-state index contributed by atoms with van der Waals surface area (Å²) < 4.78 is 7.30. The molecule has 0 N–H and O–H groups in total. The third-order valence-electron chi connectivity index (χ3n) is 2.67. The molecule has 0 spiro atoms. The van der Waals surface area contributed by atoms with Crippen LogP contribution < -0.4 is 4.74 Å². The maximum Gasteiger partial charge on any atom is 0.119 e. The molecular weight excluding hydrogens is 212 g/mol. The Kier molecular flexibility index (Phi) is 3.81. The first-order valence-electron chi connectivity index (χ1n) is 5.79. The van der Waals surface area contributed by atoms with Gasteiger partial charge in [0.25, 0.3) is 0 Å². The molecule has 1 heterocycles. The molecule has 0 amide bonds. The smallest absolute Gasteiger partial charge is 0.119 e. The molecule has 89 valence electrons. The van der Waals surface area contributed by atoms with Crippen LogP contribution in [-0.2, 0) is 6.54 Å². The maximum absolute atomic E-state index is 5.21. The maximum atomic E-state index is 5.21. The van der Waals surface area contributed by atoms with Gasteiger partial charge in [0.15, 0.2) is 0 Å². The Morgan fingerprint density at radius 1 is 1.41 bits per heavy atom. The number of benzene rings is 1. The zero-order chi connectivity index (χ0) is 12.1. The number of methoxy groups -OCH3 is 1. The molecule has 3 heteroatoms. The highest BCUT2D eigenvalue weighted by Gasteiger charge is 2.03. The molecule has 0 aliphatic carbocycles. The first-order valence-corrected chi connectivity index (χ1v) is 5.79. The third-order valence-corrected chi connectivity index (χ3v) is 2.67. The summed E-state index contributed by atoms with van der Waals surface area (Å²) in [5.74, 6) is 0.856. The Morgan fingerprint density at radius 2 is 2.29 bits per heavy atom. The number of aryl methyl sites for hydroxylation is 1. The van der Waals surface area contributed by atoms with Crippen molar-refractivity contribution in [3.8, 4) is 17.0 Å². The van der Waals surface area contributed by atoms with Gasteiger partial charge in [0.05, 0.1) is 19.1 Å². The molecule has 0 saturated heterocycles. The second-order valence-corrected chi connectivity index (χ2v) is 3.94. The second kappa shape index (κ2) is 5.53. The quantitative estimate of drug-likeness (QED) is 0.787. The summed E-state index contributed by atoms with van der Waals surface area (Å²) in [5.41, 5.74) is 2.06. The highest BCUT2D eigenvalue weighted by atomic mass is 16.5. The van der Waals surface area contributed by atoms with Gasteiger partial charge in [-0.05, 0) is 18.6 Å². The van der Waals surface area contributed by atoms with Crippen molar-refractivity contribution in [2.75, 3.05) is 7.11 Å². The summed E-state index contributed by atoms with van der Waals surface area (Å²) in [7, 11) is 1.67. The van der Waals surface area contributed by atoms with Crippen LogP contribution in [0.15, 0.2) is 36.8 Å². The van der Waals surface area contributed by atoms with Crippen LogP contribution in [0, 0.1) is 6.92 Å². The number of unbranched alkanes of at least 4 members (excludes halogenated alkanes) is 1. The van der Waals surface area contributed by atoms with Gasteiger partial charge in [0, 0.05) is 18.3 Å². The van der Waals surface area contributed by atoms with E-state index in [1.807, 2.05) is 30.6 Å². The van der Waals surface area contributed by atoms with Gasteiger partial charge in [-0.1, -0.05) is 25.5 Å². The molecule has 2 aromatic rings. The Bertz CT molecular complexity index is 477. The summed E-state index contributed by atoms with van der Waals surface area (Å²) in [6, 6.07) is 7.94. The molecule has 1 aromatic heterocycles. The van der Waals surface area contributed by atoms with Gasteiger partial charge in [-0.2, -0.15) is 0 Å². The number of rotatable bonds is 5. The van der Waals surface area contributed by atoms with Crippen LogP contribution in [0.25, 0.3) is 11.3 Å². The number of hydrogen-bond donors (Lipinski definition) is 0. The topological polar surface area (TPSA) is 27.1 Å². The molecule has 0 aliphatic heterocycles. The number of imidazole rings is 1. The number of aromatic nitrogens is 2. The minimum absolute atomic E-state index is 0.856. The lowest BCUT2D eigenvalue weighted by atomic mass is 10.1. The fraction of sp³-hybridized carbons (Fsp3) is 0.286. The van der Waals surface area contributed by atoms with Gasteiger partial charge >= 0.3 is 0 Å². The van der Waals surface area contributed by atoms with Crippen LogP contribution in [0.3, 0.4) is 0 Å². The van der Waals surface area contributed by atoms with E-state index in [-0.39, 0.29) is 0 Å². The first-order chi connectivity index (χ1) is 8.33. The van der Waals surface area contributed by atoms with Crippen molar-refractivity contribution in [2.45, 2.75) is 19.4 Å². The van der Waals surface area contributed by atoms with Gasteiger partial charge in [0.2, 0.25) is 0 Å². The van der Waals surface area contributed by atoms with E-state index in [9.17, 15) is 0 Å². The van der Waals surface area contributed by atoms with Crippen molar-refractivity contribution < 1.29 is 4.74 Å². The molecule has 1 radical (unpaired) electrons. The van der Waals surface area contributed by atoms with Crippen molar-refractivity contribution in [1.82, 2.24) is 9.55 Å². The average molecular weight is 229 g/mol. The molecule has 3 nitrogen and oxygen atoms in total. The van der Waals surface area contributed by atoms with E-state index in [1.165, 1.54) is 0 Å². The van der Waals surface area contributed by atoms with Crippen LogP contribution in [-0.4, -0.2) is 16.7 Å². The Balaban J connectivity index is 2.18. The van der Waals surface area contributed by atoms with Crippen molar-refractivity contribution in [3.63, 3.8) is 0 Å². The summed E-state index contributed by atoms with van der Waals surface area (Å²) in [5, 5.41) is 0. The fourth-order valence-corrected chi connectivity index (χ4v) is 1.71. The zero-order valence-corrected chi connectivity index (χ0v) is 10.1. The lowest BCUT2D eigenvalue weighted by Gasteiger charge is -2.01. The minimum atomic E-state index is 0.856. The highest BCUT2D eigenvalue weighted by molar-refractivity contribution is 5.60. The summed E-state index contributed by atoms with van der Waals surface area (Å²) >= 11 is 0. The van der Waals surface area contributed by atoms with E-state index in [2.05, 4.69) is 22.7 Å². The van der Waals surface area contributed by atoms with Gasteiger partial charge in [-0.3, -0.25) is 0 Å². The molecule has 0 atom stereocenters.